The molecule has 0 radical (unpaired) electrons. The number of fused-ring (bicyclic) bond motifs is 1. The lowest BCUT2D eigenvalue weighted by Crippen LogP contribution is -2.46. The molecule has 34 heavy (non-hydrogen) atoms. The molecule has 9 heteroatoms. The number of piperazine rings is 1. The average Bonchev–Trinajstić information content (AvgIpc) is 3.54. The SMILES string of the molecule is COc1ccc(N2CCN(c3ncnc4c3cnn4CCNC(=O)CC3CCCC3)CC2)cc1. The van der Waals surface area contributed by atoms with Gasteiger partial charge in [-0.25, -0.2) is 14.6 Å². The smallest absolute Gasteiger partial charge is 0.220 e. The number of methoxy groups -OCH3 is 1. The van der Waals surface area contributed by atoms with Crippen molar-refractivity contribution in [3.63, 3.8) is 0 Å². The lowest BCUT2D eigenvalue weighted by molar-refractivity contribution is -0.122. The van der Waals surface area contributed by atoms with Crippen LogP contribution in [0.3, 0.4) is 0 Å². The molecule has 1 aliphatic carbocycles. The second kappa shape index (κ2) is 10.3. The lowest BCUT2D eigenvalue weighted by atomic mass is 10.0. The highest BCUT2D eigenvalue weighted by molar-refractivity contribution is 5.86. The van der Waals surface area contributed by atoms with E-state index in [-0.39, 0.29) is 5.91 Å². The maximum atomic E-state index is 12.2. The Bertz CT molecular complexity index is 1100. The van der Waals surface area contributed by atoms with Crippen LogP contribution in [-0.4, -0.2) is 65.5 Å². The van der Waals surface area contributed by atoms with Crippen molar-refractivity contribution in [2.45, 2.75) is 38.6 Å². The zero-order chi connectivity index (χ0) is 23.3. The third-order valence-corrected chi connectivity index (χ3v) is 7.02. The first-order valence-corrected chi connectivity index (χ1v) is 12.3. The number of nitrogens with zero attached hydrogens (tertiary/aromatic N) is 6. The Balaban J connectivity index is 1.18. The van der Waals surface area contributed by atoms with Crippen LogP contribution in [0.4, 0.5) is 11.5 Å². The molecular weight excluding hydrogens is 430 g/mol. The predicted molar refractivity (Wildman–Crippen MR) is 132 cm³/mol. The summed E-state index contributed by atoms with van der Waals surface area (Å²) in [5, 5.41) is 8.55. The number of hydrogen-bond acceptors (Lipinski definition) is 7. The van der Waals surface area contributed by atoms with Gasteiger partial charge in [-0.15, -0.1) is 0 Å². The minimum Gasteiger partial charge on any atom is -0.497 e. The Morgan fingerprint density at radius 2 is 1.79 bits per heavy atom. The van der Waals surface area contributed by atoms with E-state index in [2.05, 4.69) is 42.3 Å². The first-order valence-electron chi connectivity index (χ1n) is 12.3. The minimum atomic E-state index is 0.147. The van der Waals surface area contributed by atoms with Gasteiger partial charge in [-0.3, -0.25) is 4.79 Å². The van der Waals surface area contributed by atoms with E-state index in [0.717, 1.165) is 48.8 Å². The third-order valence-electron chi connectivity index (χ3n) is 7.02. The van der Waals surface area contributed by atoms with E-state index in [1.165, 1.54) is 31.4 Å². The molecule has 5 rings (SSSR count). The molecule has 1 aliphatic heterocycles. The van der Waals surface area contributed by atoms with Crippen molar-refractivity contribution in [3.8, 4) is 5.75 Å². The van der Waals surface area contributed by atoms with Crippen molar-refractivity contribution >= 4 is 28.4 Å². The van der Waals surface area contributed by atoms with Crippen LogP contribution in [0.2, 0.25) is 0 Å². The molecule has 1 aromatic carbocycles. The largest absolute Gasteiger partial charge is 0.497 e. The maximum Gasteiger partial charge on any atom is 0.220 e. The fourth-order valence-corrected chi connectivity index (χ4v) is 5.12. The quantitative estimate of drug-likeness (QED) is 0.550. The molecule has 0 bridgehead atoms. The molecule has 2 aromatic heterocycles. The number of anilines is 2. The number of amides is 1. The van der Waals surface area contributed by atoms with Gasteiger partial charge in [0.05, 0.1) is 25.2 Å². The second-order valence-corrected chi connectivity index (χ2v) is 9.18. The van der Waals surface area contributed by atoms with E-state index in [1.54, 1.807) is 13.4 Å². The van der Waals surface area contributed by atoms with Crippen molar-refractivity contribution in [3.05, 3.63) is 36.8 Å². The van der Waals surface area contributed by atoms with Gasteiger partial charge in [-0.2, -0.15) is 5.10 Å². The molecule has 2 aliphatic rings. The number of hydrogen-bond donors (Lipinski definition) is 1. The van der Waals surface area contributed by atoms with Crippen LogP contribution >= 0.6 is 0 Å². The molecule has 1 saturated carbocycles. The monoisotopic (exact) mass is 463 g/mol. The summed E-state index contributed by atoms with van der Waals surface area (Å²) >= 11 is 0. The van der Waals surface area contributed by atoms with Crippen molar-refractivity contribution in [1.29, 1.82) is 0 Å². The molecule has 0 atom stereocenters. The van der Waals surface area contributed by atoms with Crippen LogP contribution in [0, 0.1) is 5.92 Å². The van der Waals surface area contributed by atoms with Crippen molar-refractivity contribution in [2.24, 2.45) is 5.92 Å². The van der Waals surface area contributed by atoms with Crippen molar-refractivity contribution in [1.82, 2.24) is 25.1 Å². The van der Waals surface area contributed by atoms with Crippen LogP contribution in [0.5, 0.6) is 5.75 Å². The molecule has 1 amide bonds. The van der Waals surface area contributed by atoms with E-state index in [1.807, 2.05) is 23.0 Å². The van der Waals surface area contributed by atoms with Crippen LogP contribution < -0.4 is 19.9 Å². The van der Waals surface area contributed by atoms with E-state index >= 15 is 0 Å². The fraction of sp³-hybridized carbons (Fsp3) is 0.520. The van der Waals surface area contributed by atoms with Gasteiger partial charge in [-0.1, -0.05) is 12.8 Å². The van der Waals surface area contributed by atoms with Gasteiger partial charge in [0.15, 0.2) is 5.65 Å². The Kier molecular flexibility index (Phi) is 6.78. The molecular formula is C25H33N7O2. The standard InChI is InChI=1S/C25H33N7O2/c1-34-21-8-6-20(7-9-21)30-12-14-31(15-13-30)24-22-17-29-32(25(22)28-18-27-24)11-10-26-23(33)16-19-4-2-3-5-19/h6-9,17-19H,2-5,10-16H2,1H3,(H,26,33). The van der Waals surface area contributed by atoms with E-state index < -0.39 is 0 Å². The summed E-state index contributed by atoms with van der Waals surface area (Å²) in [5.74, 6) is 2.51. The number of rotatable bonds is 8. The molecule has 0 spiro atoms. The zero-order valence-corrected chi connectivity index (χ0v) is 19.8. The first-order chi connectivity index (χ1) is 16.7. The molecule has 9 nitrogen and oxygen atoms in total. The van der Waals surface area contributed by atoms with Gasteiger partial charge in [0, 0.05) is 44.8 Å². The molecule has 2 fully saturated rings. The third kappa shape index (κ3) is 4.93. The van der Waals surface area contributed by atoms with E-state index in [4.69, 9.17) is 4.74 Å². The van der Waals surface area contributed by atoms with Crippen molar-refractivity contribution < 1.29 is 9.53 Å². The topological polar surface area (TPSA) is 88.4 Å². The Morgan fingerprint density at radius 3 is 2.53 bits per heavy atom. The normalized spacial score (nSPS) is 16.9. The second-order valence-electron chi connectivity index (χ2n) is 9.18. The van der Waals surface area contributed by atoms with Crippen LogP contribution in [0.15, 0.2) is 36.8 Å². The average molecular weight is 464 g/mol. The summed E-state index contributed by atoms with van der Waals surface area (Å²) in [7, 11) is 1.69. The molecule has 1 N–H and O–H groups in total. The zero-order valence-electron chi connectivity index (χ0n) is 19.8. The van der Waals surface area contributed by atoms with Gasteiger partial charge in [0.25, 0.3) is 0 Å². The predicted octanol–water partition coefficient (Wildman–Crippen LogP) is 2.86. The van der Waals surface area contributed by atoms with Gasteiger partial charge in [0.1, 0.15) is 17.9 Å². The first kappa shape index (κ1) is 22.4. The molecule has 3 aromatic rings. The van der Waals surface area contributed by atoms with E-state index in [0.29, 0.717) is 25.4 Å². The van der Waals surface area contributed by atoms with Crippen molar-refractivity contribution in [2.75, 3.05) is 49.6 Å². The van der Waals surface area contributed by atoms with Crippen LogP contribution in [0.1, 0.15) is 32.1 Å². The summed E-state index contributed by atoms with van der Waals surface area (Å²) in [6, 6.07) is 8.21. The number of benzene rings is 1. The highest BCUT2D eigenvalue weighted by Crippen LogP contribution is 2.28. The summed E-state index contributed by atoms with van der Waals surface area (Å²) in [5.41, 5.74) is 2.02. The number of aromatic nitrogens is 4. The number of ether oxygens (including phenoxy) is 1. The Labute approximate surface area is 200 Å². The molecule has 180 valence electrons. The van der Waals surface area contributed by atoms with Gasteiger partial charge in [-0.05, 0) is 43.0 Å². The maximum absolute atomic E-state index is 12.2. The van der Waals surface area contributed by atoms with Crippen LogP contribution in [-0.2, 0) is 11.3 Å². The number of carbonyl (C=O) groups excluding carboxylic acids is 1. The van der Waals surface area contributed by atoms with Gasteiger partial charge in [0.2, 0.25) is 5.91 Å². The fourth-order valence-electron chi connectivity index (χ4n) is 5.12. The number of carbonyl (C=O) groups is 1. The van der Waals surface area contributed by atoms with Gasteiger partial charge < -0.3 is 19.9 Å². The minimum absolute atomic E-state index is 0.147. The Morgan fingerprint density at radius 1 is 1.06 bits per heavy atom. The molecule has 3 heterocycles. The highest BCUT2D eigenvalue weighted by atomic mass is 16.5. The Hall–Kier alpha value is -3.36. The summed E-state index contributed by atoms with van der Waals surface area (Å²) < 4.78 is 7.13. The van der Waals surface area contributed by atoms with Crippen LogP contribution in [0.25, 0.3) is 11.0 Å². The number of nitrogens with one attached hydrogen (secondary N) is 1. The molecule has 0 unspecified atom stereocenters. The summed E-state index contributed by atoms with van der Waals surface area (Å²) in [4.78, 5) is 26.0. The highest BCUT2D eigenvalue weighted by Gasteiger charge is 2.22. The van der Waals surface area contributed by atoms with Gasteiger partial charge >= 0.3 is 0 Å². The molecule has 1 saturated heterocycles. The summed E-state index contributed by atoms with van der Waals surface area (Å²) in [6.07, 6.45) is 9.00. The van der Waals surface area contributed by atoms with E-state index in [9.17, 15) is 4.79 Å². The lowest BCUT2D eigenvalue weighted by Gasteiger charge is -2.36. The summed E-state index contributed by atoms with van der Waals surface area (Å²) in [6.45, 7) is 4.74.